The van der Waals surface area contributed by atoms with Crippen LogP contribution in [0.2, 0.25) is 0 Å². The molecule has 2 aliphatic rings. The topological polar surface area (TPSA) is 156 Å². The maximum Gasteiger partial charge on any atom is 0.189 e. The maximum absolute atomic E-state index is 11.3. The lowest BCUT2D eigenvalue weighted by atomic mass is 9.97. The molecular formula is C60H120N2O9. The van der Waals surface area contributed by atoms with Gasteiger partial charge in [0, 0.05) is 13.1 Å². The Bertz CT molecular complexity index is 1010. The molecule has 0 aromatic carbocycles. The zero-order valence-corrected chi connectivity index (χ0v) is 47.1. The standard InChI is InChI=1S/C60H120N2O9/c1-5-9-13-17-21-25-29-33-37-41-45-61(46-42-38-34-30-26-22-18-14-10-6-2)49-51-53(63)55(65)57(67)59(69-51)71-60-58(68)56(66)54(64)52(70-60)50-62(47-43-39-35-31-27-23-19-15-11-7-3)48-44-40-36-32-28-24-20-16-12-8-4/h51-60,63-68H,5-50H2,1-4H3/t51-,52-,53-,54-,55+,56+,57-,58-,59-,60?/m1/s1. The van der Waals surface area contributed by atoms with Gasteiger partial charge in [-0.25, -0.2) is 0 Å². The van der Waals surface area contributed by atoms with Crippen LogP contribution in [0.1, 0.15) is 285 Å². The summed E-state index contributed by atoms with van der Waals surface area (Å²) in [6, 6.07) is 0. The molecule has 2 rings (SSSR count). The third kappa shape index (κ3) is 32.0. The van der Waals surface area contributed by atoms with E-state index in [2.05, 4.69) is 37.5 Å². The molecule has 1 unspecified atom stereocenters. The highest BCUT2D eigenvalue weighted by Gasteiger charge is 2.50. The molecule has 71 heavy (non-hydrogen) atoms. The monoisotopic (exact) mass is 1010 g/mol. The molecular weight excluding hydrogens is 893 g/mol. The Kier molecular flexibility index (Phi) is 42.9. The zero-order chi connectivity index (χ0) is 51.6. The van der Waals surface area contributed by atoms with E-state index in [1.54, 1.807) is 0 Å². The molecule has 0 aromatic rings. The van der Waals surface area contributed by atoms with E-state index in [9.17, 15) is 30.6 Å². The first-order valence-electron chi connectivity index (χ1n) is 31.2. The largest absolute Gasteiger partial charge is 0.388 e. The van der Waals surface area contributed by atoms with Gasteiger partial charge in [-0.2, -0.15) is 0 Å². The average molecular weight is 1010 g/mol. The van der Waals surface area contributed by atoms with Crippen molar-refractivity contribution in [2.45, 2.75) is 346 Å². The smallest absolute Gasteiger partial charge is 0.189 e. The van der Waals surface area contributed by atoms with Gasteiger partial charge in [0.25, 0.3) is 0 Å². The minimum Gasteiger partial charge on any atom is -0.388 e. The van der Waals surface area contributed by atoms with E-state index in [0.29, 0.717) is 13.1 Å². The van der Waals surface area contributed by atoms with Crippen molar-refractivity contribution in [3.63, 3.8) is 0 Å². The van der Waals surface area contributed by atoms with Gasteiger partial charge in [-0.3, -0.25) is 0 Å². The molecule has 0 saturated carbocycles. The lowest BCUT2D eigenvalue weighted by molar-refractivity contribution is -0.374. The van der Waals surface area contributed by atoms with Crippen molar-refractivity contribution in [2.75, 3.05) is 39.3 Å². The normalized spacial score (nSPS) is 25.0. The van der Waals surface area contributed by atoms with Gasteiger partial charge in [-0.15, -0.1) is 0 Å². The molecule has 0 amide bonds. The summed E-state index contributed by atoms with van der Waals surface area (Å²) in [4.78, 5) is 4.68. The number of nitrogens with zero attached hydrogens (tertiary/aromatic N) is 2. The second-order valence-electron chi connectivity index (χ2n) is 22.5. The molecule has 0 bridgehead atoms. The summed E-state index contributed by atoms with van der Waals surface area (Å²) in [7, 11) is 0. The fourth-order valence-corrected chi connectivity index (χ4v) is 10.9. The molecule has 2 aliphatic heterocycles. The first-order valence-corrected chi connectivity index (χ1v) is 31.2. The summed E-state index contributed by atoms with van der Waals surface area (Å²) in [5.74, 6) is 0. The minimum absolute atomic E-state index is 0.366. The number of unbranched alkanes of at least 4 members (excludes halogenated alkanes) is 36. The second kappa shape index (κ2) is 45.7. The predicted molar refractivity (Wildman–Crippen MR) is 295 cm³/mol. The zero-order valence-electron chi connectivity index (χ0n) is 47.1. The van der Waals surface area contributed by atoms with E-state index in [1.165, 1.54) is 205 Å². The Morgan fingerprint density at radius 3 is 0.676 bits per heavy atom. The summed E-state index contributed by atoms with van der Waals surface area (Å²) in [5.41, 5.74) is 0. The van der Waals surface area contributed by atoms with Crippen molar-refractivity contribution in [2.24, 2.45) is 0 Å². The first-order chi connectivity index (χ1) is 34.7. The molecule has 6 N–H and O–H groups in total. The van der Waals surface area contributed by atoms with Crippen molar-refractivity contribution in [3.05, 3.63) is 0 Å². The highest BCUT2D eigenvalue weighted by molar-refractivity contribution is 4.94. The Morgan fingerprint density at radius 1 is 0.268 bits per heavy atom. The van der Waals surface area contributed by atoms with Gasteiger partial charge in [-0.05, 0) is 51.9 Å². The van der Waals surface area contributed by atoms with Gasteiger partial charge in [0.1, 0.15) is 48.8 Å². The SMILES string of the molecule is CCCCCCCCCCCCN(CCCCCCCCCCCC)C[C@H]1O[C@H](OC2O[C@H](CN(CCCCCCCCCCCC)CCCCCCCCCCCC)[C@@H](O)[C@H](O)[C@H]2O)[C@H](O)[C@@H](O)[C@@H]1O. The predicted octanol–water partition coefficient (Wildman–Crippen LogP) is 12.9. The van der Waals surface area contributed by atoms with Crippen LogP contribution in [-0.2, 0) is 14.2 Å². The number of hydrogen-bond donors (Lipinski definition) is 6. The van der Waals surface area contributed by atoms with Crippen molar-refractivity contribution in [1.82, 2.24) is 9.80 Å². The van der Waals surface area contributed by atoms with Crippen LogP contribution in [0.15, 0.2) is 0 Å². The van der Waals surface area contributed by atoms with Crippen LogP contribution in [-0.4, -0.2) is 141 Å². The van der Waals surface area contributed by atoms with E-state index in [-0.39, 0.29) is 0 Å². The molecule has 0 aromatic heterocycles. The Morgan fingerprint density at radius 2 is 0.465 bits per heavy atom. The van der Waals surface area contributed by atoms with E-state index in [4.69, 9.17) is 14.2 Å². The second-order valence-corrected chi connectivity index (χ2v) is 22.5. The molecule has 0 aliphatic carbocycles. The van der Waals surface area contributed by atoms with Crippen molar-refractivity contribution >= 4 is 0 Å². The number of aliphatic hydroxyl groups is 6. The summed E-state index contributed by atoms with van der Waals surface area (Å²) in [6.45, 7) is 13.2. The van der Waals surface area contributed by atoms with E-state index < -0.39 is 61.4 Å². The molecule has 0 radical (unpaired) electrons. The fourth-order valence-electron chi connectivity index (χ4n) is 10.9. The van der Waals surface area contributed by atoms with Gasteiger partial charge < -0.3 is 54.6 Å². The van der Waals surface area contributed by atoms with Crippen LogP contribution in [0, 0.1) is 0 Å². The van der Waals surface area contributed by atoms with Crippen LogP contribution in [0.5, 0.6) is 0 Å². The molecule has 11 nitrogen and oxygen atoms in total. The highest BCUT2D eigenvalue weighted by Crippen LogP contribution is 2.30. The molecule has 10 atom stereocenters. The number of hydrogen-bond acceptors (Lipinski definition) is 11. The lowest BCUT2D eigenvalue weighted by Gasteiger charge is -2.46. The fraction of sp³-hybridized carbons (Fsp3) is 1.00. The first kappa shape index (κ1) is 66.7. The van der Waals surface area contributed by atoms with Crippen molar-refractivity contribution < 1.29 is 44.8 Å². The Labute approximate surface area is 438 Å². The van der Waals surface area contributed by atoms with Gasteiger partial charge in [0.15, 0.2) is 12.6 Å². The van der Waals surface area contributed by atoms with Crippen LogP contribution in [0.25, 0.3) is 0 Å². The lowest BCUT2D eigenvalue weighted by Crippen LogP contribution is -2.64. The van der Waals surface area contributed by atoms with Crippen LogP contribution >= 0.6 is 0 Å². The highest BCUT2D eigenvalue weighted by atomic mass is 16.8. The summed E-state index contributed by atoms with van der Waals surface area (Å²) >= 11 is 0. The van der Waals surface area contributed by atoms with Crippen molar-refractivity contribution in [3.8, 4) is 0 Å². The van der Waals surface area contributed by atoms with E-state index in [0.717, 1.165) is 77.5 Å². The van der Waals surface area contributed by atoms with Gasteiger partial charge >= 0.3 is 0 Å². The minimum atomic E-state index is -1.61. The molecule has 2 heterocycles. The number of rotatable bonds is 50. The maximum atomic E-state index is 11.3. The number of aliphatic hydroxyl groups excluding tert-OH is 6. The quantitative estimate of drug-likeness (QED) is 0.0323. The van der Waals surface area contributed by atoms with Crippen LogP contribution in [0.3, 0.4) is 0 Å². The molecule has 2 fully saturated rings. The summed E-state index contributed by atoms with van der Waals surface area (Å²) < 4.78 is 18.8. The van der Waals surface area contributed by atoms with Crippen LogP contribution < -0.4 is 0 Å². The average Bonchev–Trinajstić information content (AvgIpc) is 3.37. The van der Waals surface area contributed by atoms with E-state index in [1.807, 2.05) is 0 Å². The Balaban J connectivity index is 2.04. The third-order valence-corrected chi connectivity index (χ3v) is 15.8. The van der Waals surface area contributed by atoms with Gasteiger partial charge in [0.2, 0.25) is 0 Å². The molecule has 2 saturated heterocycles. The number of ether oxygens (including phenoxy) is 3. The molecule has 0 spiro atoms. The summed E-state index contributed by atoms with van der Waals surface area (Å²) in [5, 5.41) is 67.5. The summed E-state index contributed by atoms with van der Waals surface area (Å²) in [6.07, 6.45) is 36.7. The van der Waals surface area contributed by atoms with E-state index >= 15 is 0 Å². The molecule has 424 valence electrons. The van der Waals surface area contributed by atoms with Gasteiger partial charge in [-0.1, -0.05) is 259 Å². The molecule has 11 heteroatoms. The van der Waals surface area contributed by atoms with Crippen molar-refractivity contribution in [1.29, 1.82) is 0 Å². The van der Waals surface area contributed by atoms with Gasteiger partial charge in [0.05, 0.1) is 0 Å². The van der Waals surface area contributed by atoms with Crippen LogP contribution in [0.4, 0.5) is 0 Å². The third-order valence-electron chi connectivity index (χ3n) is 15.8. The Hall–Kier alpha value is -0.440.